The van der Waals surface area contributed by atoms with Gasteiger partial charge in [-0.15, -0.1) is 0 Å². The van der Waals surface area contributed by atoms with E-state index in [-0.39, 0.29) is 30.9 Å². The molecule has 246 valence electrons. The van der Waals surface area contributed by atoms with E-state index in [0.717, 1.165) is 12.8 Å². The fourth-order valence-corrected chi connectivity index (χ4v) is 5.31. The molecule has 1 fully saturated rings. The summed E-state index contributed by atoms with van der Waals surface area (Å²) in [6, 6.07) is 6.66. The van der Waals surface area contributed by atoms with Gasteiger partial charge in [0.2, 0.25) is 0 Å². The highest BCUT2D eigenvalue weighted by Gasteiger charge is 2.45. The van der Waals surface area contributed by atoms with Gasteiger partial charge in [-0.3, -0.25) is 14.4 Å². The zero-order valence-corrected chi connectivity index (χ0v) is 28.2. The van der Waals surface area contributed by atoms with Crippen molar-refractivity contribution in [3.05, 3.63) is 41.0 Å². The SMILES string of the molecule is CC(C)CC(CC(=O)OCC1(CO)C/C(=C\c2ccccc2C(C(=O)OC(C)(C)C)C(=O)OC(C)(C)C)C(=O)O1)CC(C)C. The van der Waals surface area contributed by atoms with Crippen LogP contribution in [0.25, 0.3) is 6.08 Å². The van der Waals surface area contributed by atoms with E-state index in [1.807, 2.05) is 0 Å². The van der Waals surface area contributed by atoms with Crippen LogP contribution in [0.3, 0.4) is 0 Å². The van der Waals surface area contributed by atoms with E-state index in [0.29, 0.717) is 23.0 Å². The van der Waals surface area contributed by atoms with Crippen LogP contribution in [0.4, 0.5) is 0 Å². The first-order valence-electron chi connectivity index (χ1n) is 15.5. The van der Waals surface area contributed by atoms with E-state index in [9.17, 15) is 24.3 Å². The van der Waals surface area contributed by atoms with Gasteiger partial charge >= 0.3 is 23.9 Å². The van der Waals surface area contributed by atoms with Crippen molar-refractivity contribution in [2.45, 2.75) is 118 Å². The van der Waals surface area contributed by atoms with Gasteiger partial charge in [-0.25, -0.2) is 4.79 Å². The van der Waals surface area contributed by atoms with Crippen LogP contribution in [-0.4, -0.2) is 59.0 Å². The zero-order chi connectivity index (χ0) is 33.5. The molecule has 0 amide bonds. The van der Waals surface area contributed by atoms with Crippen LogP contribution in [0.1, 0.15) is 112 Å². The molecule has 1 N–H and O–H groups in total. The Bertz CT molecular complexity index is 1160. The number of carbonyl (C=O) groups excluding carboxylic acids is 4. The standard InChI is InChI=1S/C35H52O9/c1-22(2)15-24(16-23(3)4)17-28(37)41-21-35(20-36)19-26(30(38)44-35)18-25-13-11-12-14-27(25)29(31(39)42-33(5,6)7)32(40)43-34(8,9)10/h11-14,18,22-24,29,36H,15-17,19-21H2,1-10H3/b26-18+. The Kier molecular flexibility index (Phi) is 12.8. The number of ether oxygens (including phenoxy) is 4. The van der Waals surface area contributed by atoms with Crippen LogP contribution < -0.4 is 0 Å². The summed E-state index contributed by atoms with van der Waals surface area (Å²) in [6.45, 7) is 17.9. The van der Waals surface area contributed by atoms with E-state index in [1.165, 1.54) is 6.08 Å². The molecule has 1 saturated heterocycles. The lowest BCUT2D eigenvalue weighted by atomic mass is 9.87. The van der Waals surface area contributed by atoms with Crippen LogP contribution in [0, 0.1) is 17.8 Å². The summed E-state index contributed by atoms with van der Waals surface area (Å²) < 4.78 is 22.3. The lowest BCUT2D eigenvalue weighted by molar-refractivity contribution is -0.169. The fraction of sp³-hybridized carbons (Fsp3) is 0.657. The van der Waals surface area contributed by atoms with Gasteiger partial charge in [0.05, 0.1) is 6.61 Å². The van der Waals surface area contributed by atoms with E-state index in [4.69, 9.17) is 18.9 Å². The third-order valence-electron chi connectivity index (χ3n) is 6.85. The molecule has 0 spiro atoms. The number of carbonyl (C=O) groups is 4. The summed E-state index contributed by atoms with van der Waals surface area (Å²) in [5.74, 6) is -3.01. The predicted octanol–water partition coefficient (Wildman–Crippen LogP) is 6.16. The second-order valence-corrected chi connectivity index (χ2v) is 14.7. The molecular formula is C35H52O9. The van der Waals surface area contributed by atoms with E-state index < -0.39 is 53.2 Å². The molecule has 1 aliphatic heterocycles. The molecule has 0 aliphatic carbocycles. The number of hydrogen-bond acceptors (Lipinski definition) is 9. The second kappa shape index (κ2) is 15.2. The molecule has 1 heterocycles. The van der Waals surface area contributed by atoms with Crippen molar-refractivity contribution < 1.29 is 43.2 Å². The third kappa shape index (κ3) is 11.7. The minimum Gasteiger partial charge on any atom is -0.461 e. The monoisotopic (exact) mass is 616 g/mol. The molecule has 0 bridgehead atoms. The highest BCUT2D eigenvalue weighted by atomic mass is 16.6. The summed E-state index contributed by atoms with van der Waals surface area (Å²) in [5.41, 5.74) is -2.24. The van der Waals surface area contributed by atoms with E-state index in [2.05, 4.69) is 27.7 Å². The van der Waals surface area contributed by atoms with Crippen molar-refractivity contribution in [1.29, 1.82) is 0 Å². The topological polar surface area (TPSA) is 125 Å². The Morgan fingerprint density at radius 1 is 0.932 bits per heavy atom. The highest BCUT2D eigenvalue weighted by molar-refractivity contribution is 6.03. The van der Waals surface area contributed by atoms with Crippen LogP contribution in [0.15, 0.2) is 29.8 Å². The van der Waals surface area contributed by atoms with Crippen molar-refractivity contribution in [3.63, 3.8) is 0 Å². The lowest BCUT2D eigenvalue weighted by Gasteiger charge is -2.27. The highest BCUT2D eigenvalue weighted by Crippen LogP contribution is 2.35. The Hall–Kier alpha value is -3.20. The Morgan fingerprint density at radius 2 is 1.45 bits per heavy atom. The minimum atomic E-state index is -1.44. The molecule has 0 radical (unpaired) electrons. The smallest absolute Gasteiger partial charge is 0.334 e. The van der Waals surface area contributed by atoms with Crippen molar-refractivity contribution in [2.24, 2.45) is 17.8 Å². The summed E-state index contributed by atoms with van der Waals surface area (Å²) in [4.78, 5) is 52.4. The zero-order valence-electron chi connectivity index (χ0n) is 28.2. The summed E-state index contributed by atoms with van der Waals surface area (Å²) in [6.07, 6.45) is 3.54. The van der Waals surface area contributed by atoms with Gasteiger partial charge in [0.1, 0.15) is 17.8 Å². The minimum absolute atomic E-state index is 0.0328. The third-order valence-corrected chi connectivity index (χ3v) is 6.85. The van der Waals surface area contributed by atoms with Gasteiger partial charge in [-0.05, 0) is 89.3 Å². The summed E-state index contributed by atoms with van der Waals surface area (Å²) >= 11 is 0. The summed E-state index contributed by atoms with van der Waals surface area (Å²) in [5, 5.41) is 10.2. The molecule has 9 nitrogen and oxygen atoms in total. The van der Waals surface area contributed by atoms with Gasteiger partial charge in [-0.2, -0.15) is 0 Å². The maximum absolute atomic E-state index is 13.3. The van der Waals surface area contributed by atoms with Gasteiger partial charge in [-0.1, -0.05) is 52.0 Å². The first kappa shape index (κ1) is 37.0. The van der Waals surface area contributed by atoms with Gasteiger partial charge in [0.25, 0.3) is 0 Å². The number of aliphatic hydroxyl groups excluding tert-OH is 1. The Morgan fingerprint density at radius 3 is 1.93 bits per heavy atom. The van der Waals surface area contributed by atoms with Crippen molar-refractivity contribution in [1.82, 2.24) is 0 Å². The molecule has 1 unspecified atom stereocenters. The number of rotatable bonds is 13. The summed E-state index contributed by atoms with van der Waals surface area (Å²) in [7, 11) is 0. The molecule has 2 rings (SSSR count). The van der Waals surface area contributed by atoms with Crippen LogP contribution >= 0.6 is 0 Å². The number of esters is 4. The average molecular weight is 617 g/mol. The first-order valence-corrected chi connectivity index (χ1v) is 15.5. The largest absolute Gasteiger partial charge is 0.461 e. The number of hydrogen-bond donors (Lipinski definition) is 1. The van der Waals surface area contributed by atoms with Gasteiger partial charge in [0, 0.05) is 18.4 Å². The lowest BCUT2D eigenvalue weighted by Crippen LogP contribution is -2.39. The molecule has 44 heavy (non-hydrogen) atoms. The second-order valence-electron chi connectivity index (χ2n) is 14.7. The molecular weight excluding hydrogens is 564 g/mol. The molecule has 0 aromatic heterocycles. The molecule has 1 aromatic carbocycles. The molecule has 1 atom stereocenters. The van der Waals surface area contributed by atoms with E-state index >= 15 is 0 Å². The van der Waals surface area contributed by atoms with Gasteiger partial charge < -0.3 is 24.1 Å². The quantitative estimate of drug-likeness (QED) is 0.120. The maximum Gasteiger partial charge on any atom is 0.334 e. The normalized spacial score (nSPS) is 18.3. The fourth-order valence-electron chi connectivity index (χ4n) is 5.31. The van der Waals surface area contributed by atoms with Gasteiger partial charge in [0.15, 0.2) is 11.5 Å². The number of aliphatic hydroxyl groups is 1. The van der Waals surface area contributed by atoms with Crippen molar-refractivity contribution in [3.8, 4) is 0 Å². The molecule has 1 aliphatic rings. The maximum atomic E-state index is 13.3. The van der Waals surface area contributed by atoms with Crippen molar-refractivity contribution >= 4 is 30.0 Å². The molecule has 0 saturated carbocycles. The number of benzene rings is 1. The Labute approximate surface area is 262 Å². The molecule has 9 heteroatoms. The van der Waals surface area contributed by atoms with Crippen LogP contribution in [-0.2, 0) is 38.1 Å². The van der Waals surface area contributed by atoms with Crippen LogP contribution in [0.2, 0.25) is 0 Å². The average Bonchev–Trinajstić information content (AvgIpc) is 3.16. The van der Waals surface area contributed by atoms with E-state index in [1.54, 1.807) is 65.8 Å². The predicted molar refractivity (Wildman–Crippen MR) is 167 cm³/mol. The first-order chi connectivity index (χ1) is 20.2. The number of cyclic esters (lactones) is 1. The van der Waals surface area contributed by atoms with Crippen LogP contribution in [0.5, 0.6) is 0 Å². The molecule has 1 aromatic rings. The van der Waals surface area contributed by atoms with Crippen molar-refractivity contribution in [2.75, 3.05) is 13.2 Å². The Balaban J connectivity index is 2.34.